The van der Waals surface area contributed by atoms with E-state index in [1.54, 1.807) is 25.1 Å². The predicted molar refractivity (Wildman–Crippen MR) is 48.7 cm³/mol. The molecule has 1 aromatic rings. The van der Waals surface area contributed by atoms with Crippen molar-refractivity contribution < 1.29 is 5.11 Å². The maximum absolute atomic E-state index is 9.44. The van der Waals surface area contributed by atoms with Crippen molar-refractivity contribution in [3.8, 4) is 5.75 Å². The van der Waals surface area contributed by atoms with E-state index in [1.165, 1.54) is 0 Å². The lowest BCUT2D eigenvalue weighted by Gasteiger charge is -2.23. The molecule has 1 unspecified atom stereocenters. The molecule has 0 bridgehead atoms. The van der Waals surface area contributed by atoms with Crippen LogP contribution in [0.5, 0.6) is 5.75 Å². The Morgan fingerprint density at radius 1 is 1.42 bits per heavy atom. The van der Waals surface area contributed by atoms with E-state index in [9.17, 15) is 5.11 Å². The smallest absolute Gasteiger partial charge is 0.120 e. The molecule has 3 nitrogen and oxygen atoms in total. The van der Waals surface area contributed by atoms with Crippen molar-refractivity contribution in [2.45, 2.75) is 12.5 Å². The van der Waals surface area contributed by atoms with Crippen molar-refractivity contribution in [3.05, 3.63) is 29.8 Å². The Morgan fingerprint density at radius 2 is 2.00 bits per heavy atom. The molecule has 0 spiro atoms. The highest BCUT2D eigenvalue weighted by atomic mass is 16.3. The quantitative estimate of drug-likeness (QED) is 0.600. The van der Waals surface area contributed by atoms with Crippen molar-refractivity contribution in [2.75, 3.05) is 6.54 Å². The summed E-state index contributed by atoms with van der Waals surface area (Å²) in [5.41, 5.74) is 11.4. The highest BCUT2D eigenvalue weighted by molar-refractivity contribution is 5.37. The van der Waals surface area contributed by atoms with E-state index in [1.807, 2.05) is 6.07 Å². The molecule has 0 saturated heterocycles. The number of nitrogens with two attached hydrogens (primary N) is 2. The second-order valence-electron chi connectivity index (χ2n) is 3.14. The minimum atomic E-state index is -0.647. The number of para-hydroxylation sites is 1. The lowest BCUT2D eigenvalue weighted by atomic mass is 9.93. The van der Waals surface area contributed by atoms with E-state index in [2.05, 4.69) is 0 Å². The number of phenols is 1. The first kappa shape index (κ1) is 9.03. The molecule has 0 aromatic heterocycles. The Balaban J connectivity index is 3.10. The first-order valence-electron chi connectivity index (χ1n) is 3.85. The van der Waals surface area contributed by atoms with Crippen LogP contribution < -0.4 is 11.5 Å². The summed E-state index contributed by atoms with van der Waals surface area (Å²) in [4.78, 5) is 0. The van der Waals surface area contributed by atoms with Gasteiger partial charge in [0.25, 0.3) is 0 Å². The van der Waals surface area contributed by atoms with Crippen LogP contribution in [0.2, 0.25) is 0 Å². The summed E-state index contributed by atoms with van der Waals surface area (Å²) in [7, 11) is 0. The standard InChI is InChI=1S/C9H14N2O/c1-9(11,6-10)7-4-2-3-5-8(7)12/h2-5,12H,6,10-11H2,1H3. The third kappa shape index (κ3) is 1.57. The van der Waals surface area contributed by atoms with E-state index in [0.717, 1.165) is 0 Å². The van der Waals surface area contributed by atoms with Crippen molar-refractivity contribution in [2.24, 2.45) is 11.5 Å². The zero-order valence-corrected chi connectivity index (χ0v) is 7.12. The van der Waals surface area contributed by atoms with Gasteiger partial charge in [0, 0.05) is 12.1 Å². The summed E-state index contributed by atoms with van der Waals surface area (Å²) >= 11 is 0. The van der Waals surface area contributed by atoms with Crippen LogP contribution in [0, 0.1) is 0 Å². The van der Waals surface area contributed by atoms with Crippen molar-refractivity contribution in [1.29, 1.82) is 0 Å². The van der Waals surface area contributed by atoms with Gasteiger partial charge in [-0.1, -0.05) is 18.2 Å². The summed E-state index contributed by atoms with van der Waals surface area (Å²) in [5, 5.41) is 9.44. The molecular weight excluding hydrogens is 152 g/mol. The summed E-state index contributed by atoms with van der Waals surface area (Å²) in [6, 6.07) is 6.97. The molecular formula is C9H14N2O. The lowest BCUT2D eigenvalue weighted by molar-refractivity contribution is 0.429. The fourth-order valence-corrected chi connectivity index (χ4v) is 1.07. The normalized spacial score (nSPS) is 15.6. The highest BCUT2D eigenvalue weighted by Gasteiger charge is 2.21. The number of rotatable bonds is 2. The van der Waals surface area contributed by atoms with E-state index >= 15 is 0 Å². The second-order valence-corrected chi connectivity index (χ2v) is 3.14. The third-order valence-electron chi connectivity index (χ3n) is 1.94. The van der Waals surface area contributed by atoms with Gasteiger partial charge in [-0.3, -0.25) is 0 Å². The van der Waals surface area contributed by atoms with Gasteiger partial charge in [-0.05, 0) is 13.0 Å². The molecule has 0 aliphatic rings. The van der Waals surface area contributed by atoms with Gasteiger partial charge in [0.2, 0.25) is 0 Å². The van der Waals surface area contributed by atoms with Crippen molar-refractivity contribution in [1.82, 2.24) is 0 Å². The first-order chi connectivity index (χ1) is 5.58. The molecule has 1 aromatic carbocycles. The molecule has 66 valence electrons. The number of phenolic OH excluding ortho intramolecular Hbond substituents is 1. The zero-order chi connectivity index (χ0) is 9.19. The molecule has 1 rings (SSSR count). The Morgan fingerprint density at radius 3 is 2.50 bits per heavy atom. The van der Waals surface area contributed by atoms with Gasteiger partial charge in [-0.15, -0.1) is 0 Å². The summed E-state index contributed by atoms with van der Waals surface area (Å²) < 4.78 is 0. The molecule has 0 amide bonds. The van der Waals surface area contributed by atoms with Gasteiger partial charge in [0.05, 0.1) is 5.54 Å². The molecule has 0 heterocycles. The highest BCUT2D eigenvalue weighted by Crippen LogP contribution is 2.25. The van der Waals surface area contributed by atoms with Gasteiger partial charge in [0.1, 0.15) is 5.75 Å². The molecule has 3 heteroatoms. The van der Waals surface area contributed by atoms with Crippen LogP contribution in [0.3, 0.4) is 0 Å². The fraction of sp³-hybridized carbons (Fsp3) is 0.333. The molecule has 5 N–H and O–H groups in total. The monoisotopic (exact) mass is 166 g/mol. The van der Waals surface area contributed by atoms with Gasteiger partial charge < -0.3 is 16.6 Å². The van der Waals surface area contributed by atoms with Gasteiger partial charge in [0.15, 0.2) is 0 Å². The van der Waals surface area contributed by atoms with Crippen molar-refractivity contribution >= 4 is 0 Å². The molecule has 0 aliphatic heterocycles. The van der Waals surface area contributed by atoms with Crippen molar-refractivity contribution in [3.63, 3.8) is 0 Å². The number of benzene rings is 1. The van der Waals surface area contributed by atoms with E-state index < -0.39 is 5.54 Å². The minimum absolute atomic E-state index is 0.202. The summed E-state index contributed by atoms with van der Waals surface area (Å²) in [6.07, 6.45) is 0. The van der Waals surface area contributed by atoms with Crippen LogP contribution in [-0.2, 0) is 5.54 Å². The van der Waals surface area contributed by atoms with Crippen LogP contribution in [0.1, 0.15) is 12.5 Å². The first-order valence-corrected chi connectivity index (χ1v) is 3.85. The maximum Gasteiger partial charge on any atom is 0.120 e. The molecule has 0 fully saturated rings. The molecule has 0 radical (unpaired) electrons. The Kier molecular flexibility index (Phi) is 2.35. The zero-order valence-electron chi connectivity index (χ0n) is 7.12. The Labute approximate surface area is 72.0 Å². The van der Waals surface area contributed by atoms with E-state index in [0.29, 0.717) is 12.1 Å². The third-order valence-corrected chi connectivity index (χ3v) is 1.94. The second kappa shape index (κ2) is 3.13. The lowest BCUT2D eigenvalue weighted by Crippen LogP contribution is -2.40. The molecule has 0 aliphatic carbocycles. The number of hydrogen-bond acceptors (Lipinski definition) is 3. The molecule has 12 heavy (non-hydrogen) atoms. The SMILES string of the molecule is CC(N)(CN)c1ccccc1O. The van der Waals surface area contributed by atoms with Gasteiger partial charge in [-0.2, -0.15) is 0 Å². The summed E-state index contributed by atoms with van der Waals surface area (Å²) in [6.45, 7) is 2.10. The van der Waals surface area contributed by atoms with Crippen LogP contribution in [0.25, 0.3) is 0 Å². The summed E-state index contributed by atoms with van der Waals surface area (Å²) in [5.74, 6) is 0.202. The van der Waals surface area contributed by atoms with Crippen LogP contribution >= 0.6 is 0 Å². The van der Waals surface area contributed by atoms with E-state index in [4.69, 9.17) is 11.5 Å². The molecule has 0 saturated carbocycles. The Hall–Kier alpha value is -1.06. The number of aromatic hydroxyl groups is 1. The topological polar surface area (TPSA) is 72.3 Å². The van der Waals surface area contributed by atoms with Crippen LogP contribution in [0.15, 0.2) is 24.3 Å². The fourth-order valence-electron chi connectivity index (χ4n) is 1.07. The van der Waals surface area contributed by atoms with Gasteiger partial charge >= 0.3 is 0 Å². The number of hydrogen-bond donors (Lipinski definition) is 3. The van der Waals surface area contributed by atoms with Crippen LogP contribution in [0.4, 0.5) is 0 Å². The van der Waals surface area contributed by atoms with Gasteiger partial charge in [-0.25, -0.2) is 0 Å². The Bertz CT molecular complexity index is 271. The predicted octanol–water partition coefficient (Wildman–Crippen LogP) is 0.525. The largest absolute Gasteiger partial charge is 0.508 e. The van der Waals surface area contributed by atoms with E-state index in [-0.39, 0.29) is 5.75 Å². The maximum atomic E-state index is 9.44. The average Bonchev–Trinajstić information content (AvgIpc) is 2.05. The van der Waals surface area contributed by atoms with Crippen LogP contribution in [-0.4, -0.2) is 11.7 Å². The average molecular weight is 166 g/mol. The minimum Gasteiger partial charge on any atom is -0.508 e. The molecule has 1 atom stereocenters.